The summed E-state index contributed by atoms with van der Waals surface area (Å²) in [5.41, 5.74) is 2.37. The first-order valence-electron chi connectivity index (χ1n) is 9.48. The predicted octanol–water partition coefficient (Wildman–Crippen LogP) is 3.68. The van der Waals surface area contributed by atoms with Gasteiger partial charge in [0.1, 0.15) is 18.6 Å². The lowest BCUT2D eigenvalue weighted by molar-refractivity contribution is 0.241. The van der Waals surface area contributed by atoms with Gasteiger partial charge in [0.15, 0.2) is 11.8 Å². The number of aliphatic imine (C=N–C) groups is 2. The van der Waals surface area contributed by atoms with Gasteiger partial charge in [0.25, 0.3) is 0 Å². The number of rotatable bonds is 4. The second kappa shape index (κ2) is 6.15. The van der Waals surface area contributed by atoms with E-state index in [1.165, 1.54) is 11.1 Å². The first kappa shape index (κ1) is 16.6. The zero-order valence-corrected chi connectivity index (χ0v) is 15.7. The molecule has 0 fully saturated rings. The Morgan fingerprint density at radius 1 is 0.840 bits per heavy atom. The van der Waals surface area contributed by atoms with Crippen LogP contribution in [-0.2, 0) is 22.3 Å². The molecule has 0 aromatic heterocycles. The van der Waals surface area contributed by atoms with Crippen LogP contribution in [0.4, 0.5) is 0 Å². The van der Waals surface area contributed by atoms with Gasteiger partial charge in [0, 0.05) is 0 Å². The van der Waals surface area contributed by atoms with Crippen LogP contribution in [0.1, 0.15) is 38.8 Å². The Kier molecular flexibility index (Phi) is 4.09. The average molecular weight is 340 g/mol. The normalized spacial score (nSPS) is 27.1. The minimum Gasteiger partial charge on any atom is -0.478 e. The standard InChI is InChI=1S/C21H28N2O2/c1-13(2)17-11-24-19(22-17)21(20-23-18(12-25-20)14(3)4)9-15-7-5-6-8-16(15)10-21/h5-8,13-14,17-18H,9-12H2,1-4H3. The SMILES string of the molecule is CC(C)C1COC(C2(C3=NC(C(C)C)CO3)Cc3ccccc3C2)=N1. The molecule has 2 atom stereocenters. The number of benzene rings is 1. The van der Waals surface area contributed by atoms with Crippen LogP contribution >= 0.6 is 0 Å². The van der Waals surface area contributed by atoms with Gasteiger partial charge in [-0.3, -0.25) is 0 Å². The molecule has 4 heteroatoms. The molecule has 134 valence electrons. The third-order valence-electron chi connectivity index (χ3n) is 5.81. The van der Waals surface area contributed by atoms with E-state index in [0.29, 0.717) is 25.0 Å². The molecule has 1 aromatic carbocycles. The van der Waals surface area contributed by atoms with Crippen molar-refractivity contribution in [3.8, 4) is 0 Å². The van der Waals surface area contributed by atoms with Crippen molar-refractivity contribution in [2.24, 2.45) is 27.2 Å². The molecule has 3 aliphatic rings. The van der Waals surface area contributed by atoms with Crippen molar-refractivity contribution in [3.63, 3.8) is 0 Å². The fourth-order valence-corrected chi connectivity index (χ4v) is 3.99. The maximum Gasteiger partial charge on any atom is 0.200 e. The Morgan fingerprint density at radius 3 is 1.64 bits per heavy atom. The van der Waals surface area contributed by atoms with Gasteiger partial charge >= 0.3 is 0 Å². The van der Waals surface area contributed by atoms with Gasteiger partial charge in [0.2, 0.25) is 0 Å². The van der Waals surface area contributed by atoms with Crippen molar-refractivity contribution in [2.75, 3.05) is 13.2 Å². The largest absolute Gasteiger partial charge is 0.478 e. The Balaban J connectivity index is 1.74. The third-order valence-corrected chi connectivity index (χ3v) is 5.81. The summed E-state index contributed by atoms with van der Waals surface area (Å²) in [6.45, 7) is 10.2. The molecule has 25 heavy (non-hydrogen) atoms. The minimum absolute atomic E-state index is 0.235. The van der Waals surface area contributed by atoms with E-state index in [4.69, 9.17) is 19.5 Å². The van der Waals surface area contributed by atoms with Crippen LogP contribution in [0, 0.1) is 17.3 Å². The van der Waals surface area contributed by atoms with Crippen LogP contribution < -0.4 is 0 Å². The molecule has 2 unspecified atom stereocenters. The van der Waals surface area contributed by atoms with Crippen LogP contribution in [0.5, 0.6) is 0 Å². The number of hydrogen-bond acceptors (Lipinski definition) is 4. The molecule has 1 aliphatic carbocycles. The Morgan fingerprint density at radius 2 is 1.28 bits per heavy atom. The lowest BCUT2D eigenvalue weighted by atomic mass is 9.83. The molecule has 1 aromatic rings. The fourth-order valence-electron chi connectivity index (χ4n) is 3.99. The molecule has 0 N–H and O–H groups in total. The lowest BCUT2D eigenvalue weighted by Gasteiger charge is -2.27. The highest BCUT2D eigenvalue weighted by Crippen LogP contribution is 2.43. The van der Waals surface area contributed by atoms with Crippen molar-refractivity contribution in [3.05, 3.63) is 35.4 Å². The maximum absolute atomic E-state index is 6.14. The fraction of sp³-hybridized carbons (Fsp3) is 0.619. The minimum atomic E-state index is -0.350. The number of hydrogen-bond donors (Lipinski definition) is 0. The monoisotopic (exact) mass is 340 g/mol. The average Bonchev–Trinajstić information content (AvgIpc) is 3.31. The quantitative estimate of drug-likeness (QED) is 0.839. The summed E-state index contributed by atoms with van der Waals surface area (Å²) in [4.78, 5) is 9.95. The zero-order valence-electron chi connectivity index (χ0n) is 15.7. The summed E-state index contributed by atoms with van der Waals surface area (Å²) in [6.07, 6.45) is 1.74. The van der Waals surface area contributed by atoms with E-state index in [1.54, 1.807) is 0 Å². The first-order chi connectivity index (χ1) is 12.0. The molecular weight excluding hydrogens is 312 g/mol. The Bertz CT molecular complexity index is 659. The smallest absolute Gasteiger partial charge is 0.200 e. The topological polar surface area (TPSA) is 43.2 Å². The molecule has 4 rings (SSSR count). The molecule has 0 amide bonds. The van der Waals surface area contributed by atoms with Gasteiger partial charge in [-0.15, -0.1) is 0 Å². The molecule has 2 heterocycles. The third kappa shape index (κ3) is 2.76. The molecular formula is C21H28N2O2. The van der Waals surface area contributed by atoms with E-state index >= 15 is 0 Å². The summed E-state index contributed by atoms with van der Waals surface area (Å²) in [5.74, 6) is 2.64. The van der Waals surface area contributed by atoms with E-state index in [0.717, 1.165) is 24.6 Å². The maximum atomic E-state index is 6.14. The highest BCUT2D eigenvalue weighted by molar-refractivity contribution is 6.07. The first-order valence-corrected chi connectivity index (χ1v) is 9.48. The number of ether oxygens (including phenoxy) is 2. The second-order valence-electron chi connectivity index (χ2n) is 8.32. The lowest BCUT2D eigenvalue weighted by Crippen LogP contribution is -2.41. The van der Waals surface area contributed by atoms with Crippen LogP contribution in [-0.4, -0.2) is 37.1 Å². The Labute approximate surface area is 150 Å². The number of fused-ring (bicyclic) bond motifs is 1. The van der Waals surface area contributed by atoms with Gasteiger partial charge in [-0.05, 0) is 35.8 Å². The Hall–Kier alpha value is -1.84. The van der Waals surface area contributed by atoms with Gasteiger partial charge in [-0.1, -0.05) is 52.0 Å². The highest BCUT2D eigenvalue weighted by atomic mass is 16.5. The number of nitrogens with zero attached hydrogens (tertiary/aromatic N) is 2. The van der Waals surface area contributed by atoms with Crippen LogP contribution in [0.3, 0.4) is 0 Å². The summed E-state index contributed by atoms with van der Waals surface area (Å²) >= 11 is 0. The van der Waals surface area contributed by atoms with Gasteiger partial charge < -0.3 is 9.47 Å². The summed E-state index contributed by atoms with van der Waals surface area (Å²) in [7, 11) is 0. The summed E-state index contributed by atoms with van der Waals surface area (Å²) in [5, 5.41) is 0. The van der Waals surface area contributed by atoms with Crippen molar-refractivity contribution < 1.29 is 9.47 Å². The summed E-state index contributed by atoms with van der Waals surface area (Å²) < 4.78 is 12.3. The van der Waals surface area contributed by atoms with Crippen molar-refractivity contribution in [2.45, 2.75) is 52.6 Å². The zero-order chi connectivity index (χ0) is 17.6. The molecule has 0 radical (unpaired) electrons. The molecule has 2 aliphatic heterocycles. The van der Waals surface area contributed by atoms with E-state index in [-0.39, 0.29) is 17.5 Å². The van der Waals surface area contributed by atoms with Gasteiger partial charge in [0.05, 0.1) is 12.1 Å². The van der Waals surface area contributed by atoms with Crippen LogP contribution in [0.25, 0.3) is 0 Å². The molecule has 0 bridgehead atoms. The van der Waals surface area contributed by atoms with Crippen molar-refractivity contribution in [1.29, 1.82) is 0 Å². The van der Waals surface area contributed by atoms with E-state index in [9.17, 15) is 0 Å². The van der Waals surface area contributed by atoms with E-state index in [1.807, 2.05) is 0 Å². The predicted molar refractivity (Wildman–Crippen MR) is 100 cm³/mol. The molecule has 0 saturated carbocycles. The van der Waals surface area contributed by atoms with E-state index < -0.39 is 0 Å². The van der Waals surface area contributed by atoms with Gasteiger partial charge in [-0.25, -0.2) is 9.98 Å². The van der Waals surface area contributed by atoms with E-state index in [2.05, 4.69) is 52.0 Å². The van der Waals surface area contributed by atoms with Crippen molar-refractivity contribution >= 4 is 11.8 Å². The molecule has 0 saturated heterocycles. The summed E-state index contributed by atoms with van der Waals surface area (Å²) in [6, 6.07) is 9.11. The van der Waals surface area contributed by atoms with Crippen LogP contribution in [0.15, 0.2) is 34.3 Å². The van der Waals surface area contributed by atoms with Crippen LogP contribution in [0.2, 0.25) is 0 Å². The van der Waals surface area contributed by atoms with Gasteiger partial charge in [-0.2, -0.15) is 0 Å². The van der Waals surface area contributed by atoms with Crippen molar-refractivity contribution in [1.82, 2.24) is 0 Å². The molecule has 0 spiro atoms. The molecule has 4 nitrogen and oxygen atoms in total. The highest BCUT2D eigenvalue weighted by Gasteiger charge is 2.52. The second-order valence-corrected chi connectivity index (χ2v) is 8.32.